The Morgan fingerprint density at radius 3 is 3.00 bits per heavy atom. The van der Waals surface area contributed by atoms with Gasteiger partial charge < -0.3 is 5.32 Å². The molecule has 2 aromatic heterocycles. The first-order valence-corrected chi connectivity index (χ1v) is 5.85. The van der Waals surface area contributed by atoms with Gasteiger partial charge in [0.05, 0.1) is 18.4 Å². The topological polar surface area (TPSA) is 60.6 Å². The van der Waals surface area contributed by atoms with Crippen molar-refractivity contribution in [2.24, 2.45) is 7.05 Å². The zero-order chi connectivity index (χ0) is 12.1. The third kappa shape index (κ3) is 3.13. The highest BCUT2D eigenvalue weighted by atomic mass is 15.4. The minimum absolute atomic E-state index is 0.835. The van der Waals surface area contributed by atoms with Gasteiger partial charge in [-0.15, -0.1) is 5.10 Å². The molecule has 0 aliphatic rings. The SMILES string of the molecule is CCc1nn(C)cc1CNCCn1ccnn1. The lowest BCUT2D eigenvalue weighted by molar-refractivity contribution is 0.539. The van der Waals surface area contributed by atoms with E-state index in [-0.39, 0.29) is 0 Å². The van der Waals surface area contributed by atoms with E-state index in [4.69, 9.17) is 0 Å². The van der Waals surface area contributed by atoms with Crippen LogP contribution in [0, 0.1) is 0 Å². The average Bonchev–Trinajstić information content (AvgIpc) is 2.93. The first-order chi connectivity index (χ1) is 8.29. The molecule has 1 N–H and O–H groups in total. The Hall–Kier alpha value is -1.69. The Morgan fingerprint density at radius 2 is 2.29 bits per heavy atom. The molecule has 2 heterocycles. The molecule has 0 radical (unpaired) electrons. The molecular weight excluding hydrogens is 216 g/mol. The molecule has 0 atom stereocenters. The highest BCUT2D eigenvalue weighted by Gasteiger charge is 2.04. The lowest BCUT2D eigenvalue weighted by Crippen LogP contribution is -2.20. The van der Waals surface area contributed by atoms with Gasteiger partial charge in [-0.05, 0) is 6.42 Å². The first kappa shape index (κ1) is 11.8. The predicted molar refractivity (Wildman–Crippen MR) is 64.3 cm³/mol. The van der Waals surface area contributed by atoms with Crippen LogP contribution in [-0.4, -0.2) is 31.3 Å². The normalized spacial score (nSPS) is 10.9. The Bertz CT molecular complexity index is 444. The van der Waals surface area contributed by atoms with Gasteiger partial charge in [0.15, 0.2) is 0 Å². The van der Waals surface area contributed by atoms with Gasteiger partial charge in [-0.3, -0.25) is 9.36 Å². The lowest BCUT2D eigenvalue weighted by atomic mass is 10.2. The van der Waals surface area contributed by atoms with E-state index in [0.717, 1.165) is 26.1 Å². The van der Waals surface area contributed by atoms with Crippen LogP contribution >= 0.6 is 0 Å². The Balaban J connectivity index is 1.77. The number of aryl methyl sites for hydroxylation is 2. The van der Waals surface area contributed by atoms with E-state index in [0.29, 0.717) is 0 Å². The summed E-state index contributed by atoms with van der Waals surface area (Å²) in [4.78, 5) is 0. The lowest BCUT2D eigenvalue weighted by Gasteiger charge is -2.04. The number of hydrogen-bond acceptors (Lipinski definition) is 4. The molecule has 0 unspecified atom stereocenters. The summed E-state index contributed by atoms with van der Waals surface area (Å²) < 4.78 is 3.68. The second kappa shape index (κ2) is 5.58. The Morgan fingerprint density at radius 1 is 1.41 bits per heavy atom. The molecule has 2 aromatic rings. The third-order valence-electron chi connectivity index (χ3n) is 2.63. The third-order valence-corrected chi connectivity index (χ3v) is 2.63. The number of aromatic nitrogens is 5. The van der Waals surface area contributed by atoms with Gasteiger partial charge in [-0.1, -0.05) is 12.1 Å². The van der Waals surface area contributed by atoms with Crippen LogP contribution in [0.1, 0.15) is 18.2 Å². The van der Waals surface area contributed by atoms with Crippen LogP contribution in [0.15, 0.2) is 18.6 Å². The van der Waals surface area contributed by atoms with Gasteiger partial charge in [0.25, 0.3) is 0 Å². The van der Waals surface area contributed by atoms with Gasteiger partial charge in [0.1, 0.15) is 0 Å². The van der Waals surface area contributed by atoms with Crippen LogP contribution in [-0.2, 0) is 26.6 Å². The number of rotatable bonds is 6. The van der Waals surface area contributed by atoms with Crippen molar-refractivity contribution >= 4 is 0 Å². The van der Waals surface area contributed by atoms with E-state index in [9.17, 15) is 0 Å². The zero-order valence-electron chi connectivity index (χ0n) is 10.3. The van der Waals surface area contributed by atoms with Gasteiger partial charge in [-0.25, -0.2) is 0 Å². The molecule has 92 valence electrons. The number of nitrogens with one attached hydrogen (secondary N) is 1. The fourth-order valence-electron chi connectivity index (χ4n) is 1.80. The summed E-state index contributed by atoms with van der Waals surface area (Å²) in [6.45, 7) is 4.69. The summed E-state index contributed by atoms with van der Waals surface area (Å²) >= 11 is 0. The quantitative estimate of drug-likeness (QED) is 0.733. The second-order valence-corrected chi connectivity index (χ2v) is 3.97. The molecule has 0 saturated carbocycles. The molecule has 0 bridgehead atoms. The van der Waals surface area contributed by atoms with Crippen LogP contribution in [0.3, 0.4) is 0 Å². The maximum absolute atomic E-state index is 4.41. The summed E-state index contributed by atoms with van der Waals surface area (Å²) in [6, 6.07) is 0. The summed E-state index contributed by atoms with van der Waals surface area (Å²) in [5, 5.41) is 15.5. The van der Waals surface area contributed by atoms with Crippen molar-refractivity contribution < 1.29 is 0 Å². The van der Waals surface area contributed by atoms with Crippen molar-refractivity contribution in [2.45, 2.75) is 26.4 Å². The van der Waals surface area contributed by atoms with Crippen molar-refractivity contribution in [3.8, 4) is 0 Å². The molecule has 0 aliphatic carbocycles. The van der Waals surface area contributed by atoms with Crippen LogP contribution in [0.4, 0.5) is 0 Å². The van der Waals surface area contributed by atoms with E-state index >= 15 is 0 Å². The molecule has 0 aliphatic heterocycles. The standard InChI is InChI=1S/C11H18N6/c1-3-11-10(9-16(2)14-11)8-12-4-6-17-7-5-13-15-17/h5,7,9,12H,3-4,6,8H2,1-2H3. The molecule has 0 fully saturated rings. The van der Waals surface area contributed by atoms with Crippen molar-refractivity contribution in [1.82, 2.24) is 30.1 Å². The van der Waals surface area contributed by atoms with Crippen molar-refractivity contribution in [1.29, 1.82) is 0 Å². The maximum atomic E-state index is 4.41. The Labute approximate surface area is 101 Å². The summed E-state index contributed by atoms with van der Waals surface area (Å²) in [6.07, 6.45) is 6.60. The summed E-state index contributed by atoms with van der Waals surface area (Å²) in [7, 11) is 1.96. The van der Waals surface area contributed by atoms with E-state index in [1.54, 1.807) is 6.20 Å². The molecule has 2 rings (SSSR count). The molecule has 0 spiro atoms. The predicted octanol–water partition coefficient (Wildman–Crippen LogP) is 0.364. The zero-order valence-corrected chi connectivity index (χ0v) is 10.3. The summed E-state index contributed by atoms with van der Waals surface area (Å²) in [5.41, 5.74) is 2.44. The van der Waals surface area contributed by atoms with E-state index in [2.05, 4.69) is 33.8 Å². The van der Waals surface area contributed by atoms with E-state index in [1.807, 2.05) is 22.6 Å². The highest BCUT2D eigenvalue weighted by Crippen LogP contribution is 2.06. The van der Waals surface area contributed by atoms with E-state index in [1.165, 1.54) is 11.3 Å². The molecule has 0 aromatic carbocycles. The van der Waals surface area contributed by atoms with Gasteiger partial charge in [0, 0.05) is 38.1 Å². The van der Waals surface area contributed by atoms with Crippen LogP contribution in [0.2, 0.25) is 0 Å². The molecule has 0 amide bonds. The Kier molecular flexibility index (Phi) is 3.87. The van der Waals surface area contributed by atoms with Crippen molar-refractivity contribution in [3.05, 3.63) is 29.8 Å². The van der Waals surface area contributed by atoms with Crippen LogP contribution in [0.25, 0.3) is 0 Å². The number of nitrogens with zero attached hydrogens (tertiary/aromatic N) is 5. The number of hydrogen-bond donors (Lipinski definition) is 1. The summed E-state index contributed by atoms with van der Waals surface area (Å²) in [5.74, 6) is 0. The monoisotopic (exact) mass is 234 g/mol. The first-order valence-electron chi connectivity index (χ1n) is 5.85. The van der Waals surface area contributed by atoms with Gasteiger partial charge >= 0.3 is 0 Å². The molecule has 6 heteroatoms. The fraction of sp³-hybridized carbons (Fsp3) is 0.545. The average molecular weight is 234 g/mol. The fourth-order valence-corrected chi connectivity index (χ4v) is 1.80. The molecular formula is C11H18N6. The van der Waals surface area contributed by atoms with E-state index < -0.39 is 0 Å². The molecule has 0 saturated heterocycles. The maximum Gasteiger partial charge on any atom is 0.0692 e. The largest absolute Gasteiger partial charge is 0.311 e. The minimum atomic E-state index is 0.835. The minimum Gasteiger partial charge on any atom is -0.311 e. The smallest absolute Gasteiger partial charge is 0.0692 e. The van der Waals surface area contributed by atoms with Crippen LogP contribution < -0.4 is 5.32 Å². The van der Waals surface area contributed by atoms with Crippen molar-refractivity contribution in [3.63, 3.8) is 0 Å². The molecule has 6 nitrogen and oxygen atoms in total. The second-order valence-electron chi connectivity index (χ2n) is 3.97. The van der Waals surface area contributed by atoms with Gasteiger partial charge in [-0.2, -0.15) is 5.10 Å². The highest BCUT2D eigenvalue weighted by molar-refractivity contribution is 5.16. The molecule has 17 heavy (non-hydrogen) atoms. The van der Waals surface area contributed by atoms with Gasteiger partial charge in [0.2, 0.25) is 0 Å². The van der Waals surface area contributed by atoms with Crippen molar-refractivity contribution in [2.75, 3.05) is 6.54 Å². The van der Waals surface area contributed by atoms with Crippen LogP contribution in [0.5, 0.6) is 0 Å².